The lowest BCUT2D eigenvalue weighted by Gasteiger charge is -2.06. The summed E-state index contributed by atoms with van der Waals surface area (Å²) in [4.78, 5) is 16.1. The molecule has 5 heteroatoms. The molecular weight excluding hydrogens is 270 g/mol. The minimum absolute atomic E-state index is 0.195. The number of hydrogen-bond acceptors (Lipinski definition) is 3. The van der Waals surface area contributed by atoms with E-state index in [0.29, 0.717) is 17.6 Å². The Hall–Kier alpha value is -1.88. The zero-order chi connectivity index (χ0) is 14.4. The highest BCUT2D eigenvalue weighted by Gasteiger charge is 2.07. The largest absolute Gasteiger partial charge is 0.338 e. The molecule has 0 aliphatic carbocycles. The Bertz CT molecular complexity index is 551. The molecule has 0 unspecified atom stereocenters. The number of anilines is 1. The molecule has 0 aliphatic rings. The van der Waals surface area contributed by atoms with Gasteiger partial charge in [-0.25, -0.2) is 9.78 Å². The first-order valence-electron chi connectivity index (χ1n) is 6.71. The molecule has 0 spiro atoms. The normalized spacial score (nSPS) is 10.6. The lowest BCUT2D eigenvalue weighted by Crippen LogP contribution is -2.30. The van der Waals surface area contributed by atoms with Crippen LogP contribution in [0.25, 0.3) is 11.3 Å². The smallest absolute Gasteiger partial charge is 0.321 e. The molecule has 0 saturated carbocycles. The molecule has 0 atom stereocenters. The van der Waals surface area contributed by atoms with Gasteiger partial charge in [0.25, 0.3) is 0 Å². The van der Waals surface area contributed by atoms with E-state index in [1.807, 2.05) is 35.7 Å². The van der Waals surface area contributed by atoms with Gasteiger partial charge in [0, 0.05) is 17.5 Å². The number of aromatic nitrogens is 1. The van der Waals surface area contributed by atoms with Crippen LogP contribution in [0.2, 0.25) is 0 Å². The fraction of sp³-hybridized carbons (Fsp3) is 0.333. The molecule has 2 aromatic rings. The van der Waals surface area contributed by atoms with Gasteiger partial charge in [-0.05, 0) is 12.3 Å². The van der Waals surface area contributed by atoms with Crippen LogP contribution in [0.4, 0.5) is 9.93 Å². The quantitative estimate of drug-likeness (QED) is 0.874. The average molecular weight is 289 g/mol. The monoisotopic (exact) mass is 289 g/mol. The van der Waals surface area contributed by atoms with Crippen LogP contribution in [0.5, 0.6) is 0 Å². The van der Waals surface area contributed by atoms with Gasteiger partial charge >= 0.3 is 6.03 Å². The van der Waals surface area contributed by atoms with E-state index < -0.39 is 0 Å². The van der Waals surface area contributed by atoms with E-state index >= 15 is 0 Å². The average Bonchev–Trinajstić information content (AvgIpc) is 2.88. The molecule has 0 fully saturated rings. The van der Waals surface area contributed by atoms with Gasteiger partial charge in [-0.1, -0.05) is 44.2 Å². The summed E-state index contributed by atoms with van der Waals surface area (Å²) >= 11 is 1.43. The summed E-state index contributed by atoms with van der Waals surface area (Å²) in [5, 5.41) is 8.15. The number of rotatable bonds is 5. The molecule has 1 heterocycles. The summed E-state index contributed by atoms with van der Waals surface area (Å²) in [7, 11) is 0. The van der Waals surface area contributed by atoms with Gasteiger partial charge in [-0.2, -0.15) is 0 Å². The predicted octanol–water partition coefficient (Wildman–Crippen LogP) is 3.98. The van der Waals surface area contributed by atoms with Gasteiger partial charge in [0.05, 0.1) is 5.69 Å². The minimum Gasteiger partial charge on any atom is -0.338 e. The minimum atomic E-state index is -0.195. The van der Waals surface area contributed by atoms with E-state index in [0.717, 1.165) is 17.7 Å². The maximum atomic E-state index is 11.7. The standard InChI is InChI=1S/C15H19N3OS/c1-11(2)8-9-16-14(19)18-15-17-13(10-20-15)12-6-4-3-5-7-12/h3-7,10-11H,8-9H2,1-2H3,(H2,16,17,18,19). The van der Waals surface area contributed by atoms with Gasteiger partial charge < -0.3 is 5.32 Å². The number of nitrogens with zero attached hydrogens (tertiary/aromatic N) is 1. The predicted molar refractivity (Wildman–Crippen MR) is 84.0 cm³/mol. The van der Waals surface area contributed by atoms with Crippen molar-refractivity contribution in [3.63, 3.8) is 0 Å². The van der Waals surface area contributed by atoms with E-state index in [1.165, 1.54) is 11.3 Å². The van der Waals surface area contributed by atoms with E-state index in [4.69, 9.17) is 0 Å². The Balaban J connectivity index is 1.88. The van der Waals surface area contributed by atoms with Crippen LogP contribution in [0.1, 0.15) is 20.3 Å². The number of carbonyl (C=O) groups is 1. The van der Waals surface area contributed by atoms with Crippen LogP contribution in [0.15, 0.2) is 35.7 Å². The van der Waals surface area contributed by atoms with Crippen molar-refractivity contribution in [3.8, 4) is 11.3 Å². The highest BCUT2D eigenvalue weighted by molar-refractivity contribution is 7.14. The Morgan fingerprint density at radius 2 is 2.05 bits per heavy atom. The SMILES string of the molecule is CC(C)CCNC(=O)Nc1nc(-c2ccccc2)cs1. The molecule has 20 heavy (non-hydrogen) atoms. The fourth-order valence-corrected chi connectivity index (χ4v) is 2.40. The summed E-state index contributed by atoms with van der Waals surface area (Å²) in [6, 6.07) is 9.72. The van der Waals surface area contributed by atoms with Crippen molar-refractivity contribution in [2.24, 2.45) is 5.92 Å². The first-order chi connectivity index (χ1) is 9.65. The molecule has 0 bridgehead atoms. The molecule has 106 valence electrons. The van der Waals surface area contributed by atoms with Gasteiger partial charge in [-0.15, -0.1) is 11.3 Å². The van der Waals surface area contributed by atoms with Crippen LogP contribution in [0.3, 0.4) is 0 Å². The molecule has 0 saturated heterocycles. The molecule has 2 N–H and O–H groups in total. The second-order valence-electron chi connectivity index (χ2n) is 4.97. The number of carbonyl (C=O) groups excluding carboxylic acids is 1. The van der Waals surface area contributed by atoms with Crippen molar-refractivity contribution in [1.29, 1.82) is 0 Å². The van der Waals surface area contributed by atoms with Crippen LogP contribution >= 0.6 is 11.3 Å². The topological polar surface area (TPSA) is 54.0 Å². The molecule has 4 nitrogen and oxygen atoms in total. The van der Waals surface area contributed by atoms with Crippen molar-refractivity contribution in [3.05, 3.63) is 35.7 Å². The summed E-state index contributed by atoms with van der Waals surface area (Å²) < 4.78 is 0. The Morgan fingerprint density at radius 1 is 1.30 bits per heavy atom. The summed E-state index contributed by atoms with van der Waals surface area (Å²) in [6.45, 7) is 4.94. The Labute approximate surface area is 123 Å². The highest BCUT2D eigenvalue weighted by atomic mass is 32.1. The van der Waals surface area contributed by atoms with E-state index in [2.05, 4.69) is 29.5 Å². The van der Waals surface area contributed by atoms with Crippen molar-refractivity contribution in [1.82, 2.24) is 10.3 Å². The van der Waals surface area contributed by atoms with Crippen molar-refractivity contribution in [2.45, 2.75) is 20.3 Å². The molecule has 1 aromatic heterocycles. The van der Waals surface area contributed by atoms with Crippen molar-refractivity contribution in [2.75, 3.05) is 11.9 Å². The Kier molecular flexibility index (Phi) is 5.12. The number of hydrogen-bond donors (Lipinski definition) is 2. The third-order valence-corrected chi connectivity index (χ3v) is 3.56. The van der Waals surface area contributed by atoms with Crippen molar-refractivity contribution < 1.29 is 4.79 Å². The van der Waals surface area contributed by atoms with E-state index in [9.17, 15) is 4.79 Å². The zero-order valence-corrected chi connectivity index (χ0v) is 12.5. The summed E-state index contributed by atoms with van der Waals surface area (Å²) in [6.07, 6.45) is 0.973. The van der Waals surface area contributed by atoms with Crippen molar-refractivity contribution >= 4 is 22.5 Å². The molecule has 2 amide bonds. The summed E-state index contributed by atoms with van der Waals surface area (Å²) in [5.41, 5.74) is 1.94. The van der Waals surface area contributed by atoms with Crippen LogP contribution in [0, 0.1) is 5.92 Å². The third kappa shape index (κ3) is 4.35. The summed E-state index contributed by atoms with van der Waals surface area (Å²) in [5.74, 6) is 0.583. The van der Waals surface area contributed by atoms with Gasteiger partial charge in [0.15, 0.2) is 5.13 Å². The van der Waals surface area contributed by atoms with Gasteiger partial charge in [0.2, 0.25) is 0 Å². The Morgan fingerprint density at radius 3 is 2.75 bits per heavy atom. The van der Waals surface area contributed by atoms with E-state index in [-0.39, 0.29) is 6.03 Å². The second kappa shape index (κ2) is 7.05. The number of amides is 2. The maximum Gasteiger partial charge on any atom is 0.321 e. The molecule has 1 aromatic carbocycles. The molecule has 0 radical (unpaired) electrons. The maximum absolute atomic E-state index is 11.7. The van der Waals surface area contributed by atoms with Crippen LogP contribution < -0.4 is 10.6 Å². The number of benzene rings is 1. The molecule has 0 aliphatic heterocycles. The lowest BCUT2D eigenvalue weighted by molar-refractivity contribution is 0.251. The van der Waals surface area contributed by atoms with Gasteiger partial charge in [-0.3, -0.25) is 5.32 Å². The highest BCUT2D eigenvalue weighted by Crippen LogP contribution is 2.24. The second-order valence-corrected chi connectivity index (χ2v) is 5.83. The third-order valence-electron chi connectivity index (χ3n) is 2.80. The molecular formula is C15H19N3OS. The first-order valence-corrected chi connectivity index (χ1v) is 7.59. The lowest BCUT2D eigenvalue weighted by atomic mass is 10.1. The van der Waals surface area contributed by atoms with E-state index in [1.54, 1.807) is 0 Å². The number of thiazole rings is 1. The first kappa shape index (κ1) is 14.5. The zero-order valence-electron chi connectivity index (χ0n) is 11.7. The fourth-order valence-electron chi connectivity index (χ4n) is 1.69. The van der Waals surface area contributed by atoms with Crippen LogP contribution in [-0.4, -0.2) is 17.6 Å². The molecule has 2 rings (SSSR count). The van der Waals surface area contributed by atoms with Gasteiger partial charge in [0.1, 0.15) is 0 Å². The number of urea groups is 1. The van der Waals surface area contributed by atoms with Crippen LogP contribution in [-0.2, 0) is 0 Å². The number of nitrogens with one attached hydrogen (secondary N) is 2.